The summed E-state index contributed by atoms with van der Waals surface area (Å²) in [5, 5.41) is 3.11. The minimum absolute atomic E-state index is 0.0107. The van der Waals surface area contributed by atoms with Crippen molar-refractivity contribution in [3.8, 4) is 23.0 Å². The van der Waals surface area contributed by atoms with E-state index in [1.807, 2.05) is 43.3 Å². The Labute approximate surface area is 165 Å². The predicted octanol–water partition coefficient (Wildman–Crippen LogP) is 3.68. The average molecular weight is 385 g/mol. The van der Waals surface area contributed by atoms with E-state index >= 15 is 0 Å². The van der Waals surface area contributed by atoms with Crippen LogP contribution >= 0.6 is 0 Å². The van der Waals surface area contributed by atoms with Gasteiger partial charge < -0.3 is 24.3 Å². The fourth-order valence-corrected chi connectivity index (χ4v) is 3.26. The molecule has 150 valence electrons. The lowest BCUT2D eigenvalue weighted by molar-refractivity contribution is -0.121. The normalized spacial score (nSPS) is 13.5. The van der Waals surface area contributed by atoms with E-state index in [0.29, 0.717) is 37.6 Å². The molecule has 0 fully saturated rings. The quantitative estimate of drug-likeness (QED) is 0.751. The van der Waals surface area contributed by atoms with Gasteiger partial charge in [0.25, 0.3) is 0 Å². The van der Waals surface area contributed by atoms with E-state index in [-0.39, 0.29) is 11.9 Å². The minimum Gasteiger partial charge on any atom is -0.493 e. The average Bonchev–Trinajstić information content (AvgIpc) is 2.75. The summed E-state index contributed by atoms with van der Waals surface area (Å²) in [6.45, 7) is 3.17. The van der Waals surface area contributed by atoms with Gasteiger partial charge in [-0.15, -0.1) is 0 Å². The van der Waals surface area contributed by atoms with E-state index in [1.54, 1.807) is 14.2 Å². The molecule has 1 amide bonds. The summed E-state index contributed by atoms with van der Waals surface area (Å²) in [6, 6.07) is 11.5. The second-order valence-corrected chi connectivity index (χ2v) is 6.62. The van der Waals surface area contributed by atoms with Crippen LogP contribution in [-0.2, 0) is 11.2 Å². The molecule has 0 bridgehead atoms. The van der Waals surface area contributed by atoms with Gasteiger partial charge >= 0.3 is 0 Å². The van der Waals surface area contributed by atoms with Crippen LogP contribution in [0, 0.1) is 0 Å². The summed E-state index contributed by atoms with van der Waals surface area (Å²) in [6.07, 6.45) is 1.83. The molecule has 6 nitrogen and oxygen atoms in total. The Hall–Kier alpha value is -2.89. The lowest BCUT2D eigenvalue weighted by Crippen LogP contribution is -2.28. The fourth-order valence-electron chi connectivity index (χ4n) is 3.26. The number of hydrogen-bond donors (Lipinski definition) is 1. The van der Waals surface area contributed by atoms with Crippen molar-refractivity contribution < 1.29 is 23.7 Å². The highest BCUT2D eigenvalue weighted by molar-refractivity contribution is 5.76. The summed E-state index contributed by atoms with van der Waals surface area (Å²) >= 11 is 0. The molecule has 28 heavy (non-hydrogen) atoms. The molecule has 0 aliphatic carbocycles. The van der Waals surface area contributed by atoms with E-state index in [2.05, 4.69) is 5.32 Å². The number of ether oxygens (including phenoxy) is 4. The molecule has 6 heteroatoms. The standard InChI is InChI=1S/C22H27NO5/c1-4-17(16-7-9-18(25-2)20(14-16)26-3)23-22(24)10-6-15-5-8-19-21(13-15)28-12-11-27-19/h5,7-9,13-14,17H,4,6,10-12H2,1-3H3,(H,23,24)/t17-/m1/s1. The van der Waals surface area contributed by atoms with Crippen molar-refractivity contribution in [3.05, 3.63) is 47.5 Å². The lowest BCUT2D eigenvalue weighted by Gasteiger charge is -2.20. The van der Waals surface area contributed by atoms with Crippen LogP contribution in [0.5, 0.6) is 23.0 Å². The van der Waals surface area contributed by atoms with Crippen LogP contribution in [0.4, 0.5) is 0 Å². The zero-order valence-corrected chi connectivity index (χ0v) is 16.6. The molecule has 0 radical (unpaired) electrons. The van der Waals surface area contributed by atoms with E-state index in [9.17, 15) is 4.79 Å². The molecule has 2 aromatic rings. The molecule has 1 aliphatic rings. The van der Waals surface area contributed by atoms with Crippen molar-refractivity contribution in [2.45, 2.75) is 32.2 Å². The SMILES string of the molecule is CC[C@@H](NC(=O)CCc1ccc2c(c1)OCCO2)c1ccc(OC)c(OC)c1. The van der Waals surface area contributed by atoms with Crippen LogP contribution in [-0.4, -0.2) is 33.3 Å². The highest BCUT2D eigenvalue weighted by Gasteiger charge is 2.16. The monoisotopic (exact) mass is 385 g/mol. The van der Waals surface area contributed by atoms with Crippen LogP contribution in [0.3, 0.4) is 0 Å². The highest BCUT2D eigenvalue weighted by atomic mass is 16.6. The molecular weight excluding hydrogens is 358 g/mol. The second-order valence-electron chi connectivity index (χ2n) is 6.62. The number of fused-ring (bicyclic) bond motifs is 1. The summed E-state index contributed by atoms with van der Waals surface area (Å²) in [5.74, 6) is 2.85. The molecule has 3 rings (SSSR count). The number of amides is 1. The predicted molar refractivity (Wildman–Crippen MR) is 106 cm³/mol. The zero-order valence-electron chi connectivity index (χ0n) is 16.6. The Bertz CT molecular complexity index is 821. The van der Waals surface area contributed by atoms with Gasteiger partial charge in [-0.3, -0.25) is 4.79 Å². The Balaban J connectivity index is 1.60. The molecule has 1 aliphatic heterocycles. The van der Waals surface area contributed by atoms with Gasteiger partial charge in [0.15, 0.2) is 23.0 Å². The first-order valence-corrected chi connectivity index (χ1v) is 9.54. The minimum atomic E-state index is -0.0763. The number of hydrogen-bond acceptors (Lipinski definition) is 5. The third kappa shape index (κ3) is 4.68. The van der Waals surface area contributed by atoms with Crippen molar-refractivity contribution in [1.29, 1.82) is 0 Å². The van der Waals surface area contributed by atoms with Crippen molar-refractivity contribution in [3.63, 3.8) is 0 Å². The number of rotatable bonds is 8. The van der Waals surface area contributed by atoms with Crippen LogP contribution in [0.2, 0.25) is 0 Å². The maximum Gasteiger partial charge on any atom is 0.220 e. The Morgan fingerprint density at radius 1 is 1.04 bits per heavy atom. The zero-order chi connectivity index (χ0) is 19.9. The van der Waals surface area contributed by atoms with Gasteiger partial charge in [0.05, 0.1) is 20.3 Å². The van der Waals surface area contributed by atoms with Gasteiger partial charge in [-0.1, -0.05) is 19.1 Å². The molecular formula is C22H27NO5. The Morgan fingerprint density at radius 2 is 1.79 bits per heavy atom. The third-order valence-corrected chi connectivity index (χ3v) is 4.80. The van der Waals surface area contributed by atoms with E-state index < -0.39 is 0 Å². The topological polar surface area (TPSA) is 66.0 Å². The Morgan fingerprint density at radius 3 is 2.50 bits per heavy atom. The van der Waals surface area contributed by atoms with Gasteiger partial charge in [0.1, 0.15) is 13.2 Å². The summed E-state index contributed by atoms with van der Waals surface area (Å²) in [5.41, 5.74) is 2.05. The molecule has 0 saturated carbocycles. The molecule has 0 spiro atoms. The van der Waals surface area contributed by atoms with Crippen molar-refractivity contribution in [1.82, 2.24) is 5.32 Å². The summed E-state index contributed by atoms with van der Waals surface area (Å²) in [4.78, 5) is 12.5. The number of aryl methyl sites for hydroxylation is 1. The van der Waals surface area contributed by atoms with Crippen molar-refractivity contribution >= 4 is 5.91 Å². The van der Waals surface area contributed by atoms with Crippen LogP contribution < -0.4 is 24.3 Å². The fraction of sp³-hybridized carbons (Fsp3) is 0.409. The number of methoxy groups -OCH3 is 2. The number of nitrogens with one attached hydrogen (secondary N) is 1. The summed E-state index contributed by atoms with van der Waals surface area (Å²) in [7, 11) is 3.21. The second kappa shape index (κ2) is 9.35. The van der Waals surface area contributed by atoms with Crippen LogP contribution in [0.25, 0.3) is 0 Å². The van der Waals surface area contributed by atoms with E-state index in [4.69, 9.17) is 18.9 Å². The van der Waals surface area contributed by atoms with Gasteiger partial charge in [0.2, 0.25) is 5.91 Å². The smallest absolute Gasteiger partial charge is 0.220 e. The molecule has 0 aromatic heterocycles. The number of carbonyl (C=O) groups excluding carboxylic acids is 1. The van der Waals surface area contributed by atoms with E-state index in [1.165, 1.54) is 0 Å². The van der Waals surface area contributed by atoms with Crippen molar-refractivity contribution in [2.24, 2.45) is 0 Å². The molecule has 0 saturated heterocycles. The maximum absolute atomic E-state index is 12.5. The Kier molecular flexibility index (Phi) is 6.63. The van der Waals surface area contributed by atoms with Gasteiger partial charge in [0, 0.05) is 6.42 Å². The first-order valence-electron chi connectivity index (χ1n) is 9.54. The van der Waals surface area contributed by atoms with E-state index in [0.717, 1.165) is 29.0 Å². The number of carbonyl (C=O) groups is 1. The van der Waals surface area contributed by atoms with Gasteiger partial charge in [-0.25, -0.2) is 0 Å². The lowest BCUT2D eigenvalue weighted by atomic mass is 10.0. The third-order valence-electron chi connectivity index (χ3n) is 4.80. The van der Waals surface area contributed by atoms with Crippen LogP contribution in [0.1, 0.15) is 36.9 Å². The van der Waals surface area contributed by atoms with Gasteiger partial charge in [-0.2, -0.15) is 0 Å². The molecule has 1 N–H and O–H groups in total. The first kappa shape index (κ1) is 19.9. The number of benzene rings is 2. The molecule has 1 atom stereocenters. The molecule has 0 unspecified atom stereocenters. The largest absolute Gasteiger partial charge is 0.493 e. The maximum atomic E-state index is 12.5. The first-order chi connectivity index (χ1) is 13.6. The van der Waals surface area contributed by atoms with Crippen LogP contribution in [0.15, 0.2) is 36.4 Å². The molecule has 2 aromatic carbocycles. The van der Waals surface area contributed by atoms with Crippen molar-refractivity contribution in [2.75, 3.05) is 27.4 Å². The summed E-state index contributed by atoms with van der Waals surface area (Å²) < 4.78 is 21.8. The van der Waals surface area contributed by atoms with Gasteiger partial charge in [-0.05, 0) is 48.2 Å². The highest BCUT2D eigenvalue weighted by Crippen LogP contribution is 2.32. The molecule has 1 heterocycles.